The number of halogens is 1. The highest BCUT2D eigenvalue weighted by Gasteiger charge is 2.07. The van der Waals surface area contributed by atoms with Gasteiger partial charge in [0, 0.05) is 23.8 Å². The van der Waals surface area contributed by atoms with Crippen molar-refractivity contribution >= 4 is 17.6 Å². The standard InChI is InChI=1S/C21H25ClN6O/c1-3-23-21(24-12-11-16-9-10-18(29-2)13-19(16)22)25-14-20-27-26-15-28(20)17-7-5-4-6-8-17/h4-10,13,15H,3,11-12,14H2,1-2H3,(H2,23,24,25). The fourth-order valence-corrected chi connectivity index (χ4v) is 3.10. The minimum Gasteiger partial charge on any atom is -0.497 e. The van der Waals surface area contributed by atoms with Gasteiger partial charge < -0.3 is 15.4 Å². The minimum atomic E-state index is 0.410. The van der Waals surface area contributed by atoms with Gasteiger partial charge in [-0.2, -0.15) is 0 Å². The summed E-state index contributed by atoms with van der Waals surface area (Å²) in [7, 11) is 1.63. The van der Waals surface area contributed by atoms with Crippen LogP contribution in [0.5, 0.6) is 5.75 Å². The average molecular weight is 413 g/mol. The van der Waals surface area contributed by atoms with Gasteiger partial charge in [0.2, 0.25) is 0 Å². The molecule has 8 heteroatoms. The Balaban J connectivity index is 1.62. The molecule has 0 radical (unpaired) electrons. The number of methoxy groups -OCH3 is 1. The summed E-state index contributed by atoms with van der Waals surface area (Å²) in [5.74, 6) is 2.25. The molecule has 1 aromatic heterocycles. The summed E-state index contributed by atoms with van der Waals surface area (Å²) in [5.41, 5.74) is 2.06. The van der Waals surface area contributed by atoms with E-state index in [4.69, 9.17) is 16.3 Å². The number of benzene rings is 2. The number of aliphatic imine (C=N–C) groups is 1. The minimum absolute atomic E-state index is 0.410. The van der Waals surface area contributed by atoms with Crippen molar-refractivity contribution in [3.8, 4) is 11.4 Å². The number of hydrogen-bond acceptors (Lipinski definition) is 4. The van der Waals surface area contributed by atoms with Gasteiger partial charge in [0.05, 0.1) is 7.11 Å². The first kappa shape index (κ1) is 20.7. The second-order valence-corrected chi connectivity index (χ2v) is 6.69. The van der Waals surface area contributed by atoms with E-state index >= 15 is 0 Å². The highest BCUT2D eigenvalue weighted by Crippen LogP contribution is 2.22. The molecule has 0 bridgehead atoms. The lowest BCUT2D eigenvalue weighted by Crippen LogP contribution is -2.38. The molecule has 2 aromatic carbocycles. The Labute approximate surface area is 175 Å². The van der Waals surface area contributed by atoms with Crippen LogP contribution in [-0.4, -0.2) is 40.9 Å². The number of rotatable bonds is 8. The third-order valence-electron chi connectivity index (χ3n) is 4.32. The van der Waals surface area contributed by atoms with Crippen LogP contribution in [0.4, 0.5) is 0 Å². The van der Waals surface area contributed by atoms with E-state index < -0.39 is 0 Å². The second-order valence-electron chi connectivity index (χ2n) is 6.28. The number of nitrogens with one attached hydrogen (secondary N) is 2. The first-order chi connectivity index (χ1) is 14.2. The molecule has 0 aliphatic heterocycles. The molecule has 0 spiro atoms. The molecule has 0 aliphatic carbocycles. The van der Waals surface area contributed by atoms with Crippen LogP contribution in [0.15, 0.2) is 59.9 Å². The summed E-state index contributed by atoms with van der Waals surface area (Å²) in [5, 5.41) is 15.5. The predicted molar refractivity (Wildman–Crippen MR) is 116 cm³/mol. The molecule has 7 nitrogen and oxygen atoms in total. The Hall–Kier alpha value is -3.06. The van der Waals surface area contributed by atoms with Crippen molar-refractivity contribution in [1.29, 1.82) is 0 Å². The van der Waals surface area contributed by atoms with Crippen LogP contribution < -0.4 is 15.4 Å². The summed E-state index contributed by atoms with van der Waals surface area (Å²) in [6, 6.07) is 15.7. The number of ether oxygens (including phenoxy) is 1. The smallest absolute Gasteiger partial charge is 0.191 e. The van der Waals surface area contributed by atoms with Crippen molar-refractivity contribution in [2.24, 2.45) is 4.99 Å². The molecule has 0 unspecified atom stereocenters. The molecule has 1 heterocycles. The molecule has 0 aliphatic rings. The van der Waals surface area contributed by atoms with Gasteiger partial charge in [-0.25, -0.2) is 4.99 Å². The summed E-state index contributed by atoms with van der Waals surface area (Å²) < 4.78 is 7.13. The number of para-hydroxylation sites is 1. The molecule has 0 fully saturated rings. The van der Waals surface area contributed by atoms with Crippen LogP contribution in [-0.2, 0) is 13.0 Å². The quantitative estimate of drug-likeness (QED) is 0.439. The van der Waals surface area contributed by atoms with E-state index in [0.717, 1.165) is 41.7 Å². The van der Waals surface area contributed by atoms with Crippen molar-refractivity contribution in [1.82, 2.24) is 25.4 Å². The number of nitrogens with zero attached hydrogens (tertiary/aromatic N) is 4. The van der Waals surface area contributed by atoms with Gasteiger partial charge in [0.25, 0.3) is 0 Å². The van der Waals surface area contributed by atoms with E-state index in [1.54, 1.807) is 13.4 Å². The van der Waals surface area contributed by atoms with Crippen molar-refractivity contribution in [2.75, 3.05) is 20.2 Å². The molecule has 0 saturated heterocycles. The monoisotopic (exact) mass is 412 g/mol. The van der Waals surface area contributed by atoms with Crippen LogP contribution in [0.3, 0.4) is 0 Å². The third kappa shape index (κ3) is 5.71. The highest BCUT2D eigenvalue weighted by molar-refractivity contribution is 6.31. The zero-order chi connectivity index (χ0) is 20.5. The average Bonchev–Trinajstić information content (AvgIpc) is 3.22. The van der Waals surface area contributed by atoms with Crippen molar-refractivity contribution in [2.45, 2.75) is 19.9 Å². The maximum atomic E-state index is 6.32. The fourth-order valence-electron chi connectivity index (χ4n) is 2.84. The third-order valence-corrected chi connectivity index (χ3v) is 4.67. The zero-order valence-electron chi connectivity index (χ0n) is 16.6. The summed E-state index contributed by atoms with van der Waals surface area (Å²) in [6.07, 6.45) is 2.47. The van der Waals surface area contributed by atoms with Crippen LogP contribution in [0, 0.1) is 0 Å². The molecule has 3 aromatic rings. The van der Waals surface area contributed by atoms with Gasteiger partial charge in [-0.05, 0) is 43.2 Å². The topological polar surface area (TPSA) is 76.4 Å². The maximum Gasteiger partial charge on any atom is 0.191 e. The molecule has 0 amide bonds. The van der Waals surface area contributed by atoms with E-state index in [1.807, 2.05) is 60.0 Å². The molecule has 29 heavy (non-hydrogen) atoms. The van der Waals surface area contributed by atoms with Crippen LogP contribution in [0.1, 0.15) is 18.3 Å². The van der Waals surface area contributed by atoms with Crippen LogP contribution in [0.2, 0.25) is 5.02 Å². The van der Waals surface area contributed by atoms with Crippen molar-refractivity contribution in [3.05, 3.63) is 71.3 Å². The summed E-state index contributed by atoms with van der Waals surface area (Å²) in [4.78, 5) is 4.64. The van der Waals surface area contributed by atoms with E-state index in [9.17, 15) is 0 Å². The molecule has 0 saturated carbocycles. The second kappa shape index (κ2) is 10.5. The van der Waals surface area contributed by atoms with E-state index in [-0.39, 0.29) is 0 Å². The van der Waals surface area contributed by atoms with Gasteiger partial charge >= 0.3 is 0 Å². The first-order valence-electron chi connectivity index (χ1n) is 9.50. The Kier molecular flexibility index (Phi) is 7.47. The lowest BCUT2D eigenvalue weighted by molar-refractivity contribution is 0.414. The Morgan fingerprint density at radius 3 is 2.72 bits per heavy atom. The van der Waals surface area contributed by atoms with Gasteiger partial charge in [-0.3, -0.25) is 4.57 Å². The van der Waals surface area contributed by atoms with Crippen molar-refractivity contribution < 1.29 is 4.74 Å². The Morgan fingerprint density at radius 2 is 2.00 bits per heavy atom. The van der Waals surface area contributed by atoms with Crippen LogP contribution >= 0.6 is 11.6 Å². The van der Waals surface area contributed by atoms with Crippen LogP contribution in [0.25, 0.3) is 5.69 Å². The van der Waals surface area contributed by atoms with E-state index in [2.05, 4.69) is 25.8 Å². The molecule has 152 valence electrons. The molecule has 3 rings (SSSR count). The molecule has 0 atom stereocenters. The van der Waals surface area contributed by atoms with Crippen molar-refractivity contribution in [3.63, 3.8) is 0 Å². The lowest BCUT2D eigenvalue weighted by Gasteiger charge is -2.12. The van der Waals surface area contributed by atoms with E-state index in [1.165, 1.54) is 0 Å². The fraction of sp³-hybridized carbons (Fsp3) is 0.286. The SMILES string of the molecule is CCNC(=NCc1nncn1-c1ccccc1)NCCc1ccc(OC)cc1Cl. The molecular weight excluding hydrogens is 388 g/mol. The number of guanidine groups is 1. The van der Waals surface area contributed by atoms with Gasteiger partial charge in [0.15, 0.2) is 11.8 Å². The normalized spacial score (nSPS) is 11.3. The van der Waals surface area contributed by atoms with Gasteiger partial charge in [0.1, 0.15) is 18.6 Å². The molecule has 2 N–H and O–H groups in total. The summed E-state index contributed by atoms with van der Waals surface area (Å²) >= 11 is 6.32. The Bertz CT molecular complexity index is 941. The van der Waals surface area contributed by atoms with Gasteiger partial charge in [-0.15, -0.1) is 10.2 Å². The number of aromatic nitrogens is 3. The zero-order valence-corrected chi connectivity index (χ0v) is 17.4. The first-order valence-corrected chi connectivity index (χ1v) is 9.88. The number of hydrogen-bond donors (Lipinski definition) is 2. The molecular formula is C21H25ClN6O. The Morgan fingerprint density at radius 1 is 1.17 bits per heavy atom. The van der Waals surface area contributed by atoms with Gasteiger partial charge in [-0.1, -0.05) is 35.9 Å². The highest BCUT2D eigenvalue weighted by atomic mass is 35.5. The predicted octanol–water partition coefficient (Wildman–Crippen LogP) is 3.23. The largest absolute Gasteiger partial charge is 0.497 e. The maximum absolute atomic E-state index is 6.32. The van der Waals surface area contributed by atoms with E-state index in [0.29, 0.717) is 18.1 Å². The lowest BCUT2D eigenvalue weighted by atomic mass is 10.1. The summed E-state index contributed by atoms with van der Waals surface area (Å²) in [6.45, 7) is 3.90.